The zero-order chi connectivity index (χ0) is 24.3. The Morgan fingerprint density at radius 3 is 2.52 bits per heavy atom. The summed E-state index contributed by atoms with van der Waals surface area (Å²) in [5, 5.41) is 31.5. The summed E-state index contributed by atoms with van der Waals surface area (Å²) in [6.45, 7) is 7.87. The predicted molar refractivity (Wildman–Crippen MR) is 128 cm³/mol. The van der Waals surface area contributed by atoms with Crippen LogP contribution in [0.3, 0.4) is 0 Å². The van der Waals surface area contributed by atoms with E-state index < -0.39 is 6.10 Å². The molecule has 1 aliphatic heterocycles. The summed E-state index contributed by atoms with van der Waals surface area (Å²) in [6.07, 6.45) is 5.66. The highest BCUT2D eigenvalue weighted by Gasteiger charge is 2.33. The SMILES string of the molecule is COc1cc(C2CC(=O)c3c(cc(O)c(C/C=C(\C)CCC=C(C)C)c3O)O2)cc(C)c1O. The fourth-order valence-corrected chi connectivity index (χ4v) is 3.97. The van der Waals surface area contributed by atoms with Gasteiger partial charge in [0.15, 0.2) is 17.3 Å². The average molecular weight is 453 g/mol. The maximum Gasteiger partial charge on any atom is 0.174 e. The largest absolute Gasteiger partial charge is 0.507 e. The van der Waals surface area contributed by atoms with Gasteiger partial charge in [0, 0.05) is 11.6 Å². The molecule has 2 aromatic carbocycles. The molecule has 6 nitrogen and oxygen atoms in total. The van der Waals surface area contributed by atoms with E-state index in [2.05, 4.69) is 19.9 Å². The van der Waals surface area contributed by atoms with Gasteiger partial charge in [0.25, 0.3) is 0 Å². The average Bonchev–Trinajstić information content (AvgIpc) is 2.74. The Labute approximate surface area is 194 Å². The lowest BCUT2D eigenvalue weighted by Crippen LogP contribution is -2.21. The molecule has 3 N–H and O–H groups in total. The number of carbonyl (C=O) groups excluding carboxylic acids is 1. The van der Waals surface area contributed by atoms with E-state index in [-0.39, 0.29) is 40.8 Å². The predicted octanol–water partition coefficient (Wildman–Crippen LogP) is 6.06. The van der Waals surface area contributed by atoms with E-state index in [1.807, 2.05) is 13.0 Å². The Morgan fingerprint density at radius 2 is 1.85 bits per heavy atom. The molecule has 1 atom stereocenters. The third-order valence-corrected chi connectivity index (χ3v) is 5.89. The zero-order valence-electron chi connectivity index (χ0n) is 19.9. The lowest BCUT2D eigenvalue weighted by molar-refractivity contribution is 0.0844. The summed E-state index contributed by atoms with van der Waals surface area (Å²) in [5.41, 5.74) is 4.08. The number of aryl methyl sites for hydroxylation is 1. The number of rotatable bonds is 7. The van der Waals surface area contributed by atoms with E-state index in [0.29, 0.717) is 28.9 Å². The van der Waals surface area contributed by atoms with Crippen molar-refractivity contribution in [3.8, 4) is 28.7 Å². The zero-order valence-corrected chi connectivity index (χ0v) is 19.9. The van der Waals surface area contributed by atoms with Crippen LogP contribution in [0.25, 0.3) is 0 Å². The Hall–Kier alpha value is -3.41. The van der Waals surface area contributed by atoms with Crippen LogP contribution in [-0.2, 0) is 6.42 Å². The number of fused-ring (bicyclic) bond motifs is 1. The number of allylic oxidation sites excluding steroid dienone is 4. The number of Topliss-reactive ketones (excluding diaryl/α,β-unsaturated/α-hetero) is 1. The van der Waals surface area contributed by atoms with Crippen LogP contribution in [0.1, 0.15) is 73.2 Å². The van der Waals surface area contributed by atoms with Gasteiger partial charge in [-0.1, -0.05) is 23.3 Å². The molecule has 33 heavy (non-hydrogen) atoms. The fraction of sp³-hybridized carbons (Fsp3) is 0.370. The molecule has 0 fully saturated rings. The molecule has 1 unspecified atom stereocenters. The van der Waals surface area contributed by atoms with Crippen molar-refractivity contribution in [1.29, 1.82) is 0 Å². The van der Waals surface area contributed by atoms with Crippen LogP contribution in [0.15, 0.2) is 41.5 Å². The lowest BCUT2D eigenvalue weighted by atomic mass is 9.92. The van der Waals surface area contributed by atoms with E-state index >= 15 is 0 Å². The molecule has 3 rings (SSSR count). The first-order chi connectivity index (χ1) is 15.6. The van der Waals surface area contributed by atoms with Crippen molar-refractivity contribution in [1.82, 2.24) is 0 Å². The van der Waals surface area contributed by atoms with E-state index in [1.165, 1.54) is 18.7 Å². The van der Waals surface area contributed by atoms with Crippen molar-refractivity contribution in [2.45, 2.75) is 59.5 Å². The van der Waals surface area contributed by atoms with Gasteiger partial charge in [0.05, 0.1) is 13.5 Å². The van der Waals surface area contributed by atoms with Crippen molar-refractivity contribution in [2.75, 3.05) is 7.11 Å². The standard InChI is InChI=1S/C27H32O6/c1-15(2)7-6-8-16(3)9-10-19-20(28)13-23-25(27(19)31)21(29)14-22(33-23)18-11-17(4)26(30)24(12-18)32-5/h7,9,11-13,22,28,30-31H,6,8,10,14H2,1-5H3/b16-9+. The number of ether oxygens (including phenoxy) is 2. The summed E-state index contributed by atoms with van der Waals surface area (Å²) < 4.78 is 11.2. The second-order valence-corrected chi connectivity index (χ2v) is 8.79. The van der Waals surface area contributed by atoms with Crippen LogP contribution in [0, 0.1) is 6.92 Å². The van der Waals surface area contributed by atoms with Gasteiger partial charge in [0.1, 0.15) is 28.9 Å². The maximum atomic E-state index is 13.0. The van der Waals surface area contributed by atoms with Gasteiger partial charge in [-0.05, 0) is 70.2 Å². The van der Waals surface area contributed by atoms with Gasteiger partial charge in [0.2, 0.25) is 0 Å². The van der Waals surface area contributed by atoms with Crippen LogP contribution in [0.4, 0.5) is 0 Å². The molecule has 0 aliphatic carbocycles. The second kappa shape index (κ2) is 10.0. The van der Waals surface area contributed by atoms with Crippen molar-refractivity contribution in [3.05, 3.63) is 63.8 Å². The van der Waals surface area contributed by atoms with Gasteiger partial charge in [-0.25, -0.2) is 0 Å². The minimum Gasteiger partial charge on any atom is -0.507 e. The van der Waals surface area contributed by atoms with Crippen LogP contribution < -0.4 is 9.47 Å². The van der Waals surface area contributed by atoms with Gasteiger partial charge in [-0.15, -0.1) is 0 Å². The fourth-order valence-electron chi connectivity index (χ4n) is 3.97. The molecular weight excluding hydrogens is 420 g/mol. The van der Waals surface area contributed by atoms with Crippen LogP contribution in [0.2, 0.25) is 0 Å². The molecule has 2 aromatic rings. The van der Waals surface area contributed by atoms with Crippen molar-refractivity contribution < 1.29 is 29.6 Å². The third-order valence-electron chi connectivity index (χ3n) is 5.89. The Morgan fingerprint density at radius 1 is 1.12 bits per heavy atom. The number of phenols is 3. The van der Waals surface area contributed by atoms with Crippen LogP contribution in [0.5, 0.6) is 28.7 Å². The Bertz CT molecular complexity index is 1120. The topological polar surface area (TPSA) is 96.2 Å². The third kappa shape index (κ3) is 5.33. The van der Waals surface area contributed by atoms with Crippen molar-refractivity contribution in [2.24, 2.45) is 0 Å². The van der Waals surface area contributed by atoms with Crippen molar-refractivity contribution in [3.63, 3.8) is 0 Å². The summed E-state index contributed by atoms with van der Waals surface area (Å²) in [7, 11) is 1.45. The summed E-state index contributed by atoms with van der Waals surface area (Å²) >= 11 is 0. The van der Waals surface area contributed by atoms with Crippen molar-refractivity contribution >= 4 is 5.78 Å². The van der Waals surface area contributed by atoms with Crippen LogP contribution in [-0.4, -0.2) is 28.2 Å². The molecule has 1 aliphatic rings. The highest BCUT2D eigenvalue weighted by atomic mass is 16.5. The minimum atomic E-state index is -0.625. The van der Waals surface area contributed by atoms with E-state index in [4.69, 9.17) is 9.47 Å². The lowest BCUT2D eigenvalue weighted by Gasteiger charge is -2.27. The quantitative estimate of drug-likeness (QED) is 0.442. The molecule has 0 saturated heterocycles. The number of aromatic hydroxyl groups is 3. The normalized spacial score (nSPS) is 15.6. The van der Waals surface area contributed by atoms with Gasteiger partial charge in [-0.3, -0.25) is 4.79 Å². The van der Waals surface area contributed by atoms with Gasteiger partial charge in [-0.2, -0.15) is 0 Å². The van der Waals surface area contributed by atoms with Gasteiger partial charge < -0.3 is 24.8 Å². The number of carbonyl (C=O) groups is 1. The first-order valence-corrected chi connectivity index (χ1v) is 11.1. The van der Waals surface area contributed by atoms with E-state index in [1.54, 1.807) is 19.1 Å². The number of methoxy groups -OCH3 is 1. The highest BCUT2D eigenvalue weighted by Crippen LogP contribution is 2.45. The highest BCUT2D eigenvalue weighted by molar-refractivity contribution is 6.03. The number of hydrogen-bond acceptors (Lipinski definition) is 6. The minimum absolute atomic E-state index is 0.0235. The smallest absolute Gasteiger partial charge is 0.174 e. The molecule has 0 amide bonds. The van der Waals surface area contributed by atoms with Gasteiger partial charge >= 0.3 is 0 Å². The summed E-state index contributed by atoms with van der Waals surface area (Å²) in [4.78, 5) is 13.0. The van der Waals surface area contributed by atoms with E-state index in [0.717, 1.165) is 18.4 Å². The second-order valence-electron chi connectivity index (χ2n) is 8.79. The molecule has 176 valence electrons. The molecule has 1 heterocycles. The maximum absolute atomic E-state index is 13.0. The number of benzene rings is 2. The summed E-state index contributed by atoms with van der Waals surface area (Å²) in [6, 6.07) is 4.76. The molecule has 0 bridgehead atoms. The van der Waals surface area contributed by atoms with E-state index in [9.17, 15) is 20.1 Å². The molecular formula is C27H32O6. The first kappa shape index (κ1) is 24.2. The summed E-state index contributed by atoms with van der Waals surface area (Å²) in [5.74, 6) is -0.153. The number of ketones is 1. The number of hydrogen-bond donors (Lipinski definition) is 3. The Balaban J connectivity index is 1.87. The molecule has 0 aromatic heterocycles. The molecule has 0 spiro atoms. The molecule has 0 saturated carbocycles. The van der Waals surface area contributed by atoms with Crippen LogP contribution >= 0.6 is 0 Å². The molecule has 6 heteroatoms. The first-order valence-electron chi connectivity index (χ1n) is 11.1. The monoisotopic (exact) mass is 452 g/mol. The Kier molecular flexibility index (Phi) is 7.36. The number of phenolic OH excluding ortho intramolecular Hbond substituents is 3. The molecule has 0 radical (unpaired) electrons.